The number of rotatable bonds is 5. The van der Waals surface area contributed by atoms with Crippen LogP contribution in [0.1, 0.15) is 15.2 Å². The minimum atomic E-state index is -0.643. The maximum Gasteiger partial charge on any atom is 0.341 e. The Hall–Kier alpha value is -1.99. The molecule has 0 amide bonds. The molecule has 6 nitrogen and oxygen atoms in total. The van der Waals surface area contributed by atoms with Crippen LogP contribution in [-0.4, -0.2) is 30.3 Å². The molecule has 0 spiro atoms. The summed E-state index contributed by atoms with van der Waals surface area (Å²) in [7, 11) is 2.72. The number of hydrogen-bond acceptors (Lipinski definition) is 7. The standard InChI is InChI=1S/C13H13ClN2O4S/c1-19-7-3-9(12(18)20-2)11(17)10(4-7)15-5-8-6-16-13(14)21-8/h3-4,6,15,17H,5H2,1-2H3. The Kier molecular flexibility index (Phi) is 4.87. The minimum absolute atomic E-state index is 0.0293. The number of esters is 1. The Balaban J connectivity index is 2.27. The molecule has 0 bridgehead atoms. The molecule has 1 aromatic carbocycles. The number of benzene rings is 1. The van der Waals surface area contributed by atoms with Gasteiger partial charge < -0.3 is 19.9 Å². The maximum atomic E-state index is 11.6. The van der Waals surface area contributed by atoms with Crippen molar-refractivity contribution >= 4 is 34.6 Å². The van der Waals surface area contributed by atoms with E-state index >= 15 is 0 Å². The average molecular weight is 329 g/mol. The topological polar surface area (TPSA) is 80.7 Å². The predicted octanol–water partition coefficient (Wildman–Crippen LogP) is 2.91. The summed E-state index contributed by atoms with van der Waals surface area (Å²) in [5, 5.41) is 13.1. The molecule has 0 aliphatic carbocycles. The molecule has 8 heteroatoms. The van der Waals surface area contributed by atoms with Gasteiger partial charge >= 0.3 is 5.97 Å². The lowest BCUT2D eigenvalue weighted by molar-refractivity contribution is 0.0597. The van der Waals surface area contributed by atoms with Crippen LogP contribution in [-0.2, 0) is 11.3 Å². The number of carbonyl (C=O) groups excluding carboxylic acids is 1. The highest BCUT2D eigenvalue weighted by atomic mass is 35.5. The van der Waals surface area contributed by atoms with Gasteiger partial charge in [0.2, 0.25) is 0 Å². The van der Waals surface area contributed by atoms with Gasteiger partial charge in [-0.05, 0) is 6.07 Å². The van der Waals surface area contributed by atoms with Gasteiger partial charge in [0.1, 0.15) is 11.3 Å². The van der Waals surface area contributed by atoms with Crippen molar-refractivity contribution < 1.29 is 19.4 Å². The van der Waals surface area contributed by atoms with E-state index in [9.17, 15) is 9.90 Å². The molecule has 112 valence electrons. The fourth-order valence-electron chi connectivity index (χ4n) is 1.67. The number of aromatic nitrogens is 1. The zero-order valence-corrected chi connectivity index (χ0v) is 12.9. The second kappa shape index (κ2) is 6.64. The van der Waals surface area contributed by atoms with Gasteiger partial charge in [-0.1, -0.05) is 11.6 Å². The van der Waals surface area contributed by atoms with E-state index in [1.165, 1.54) is 31.6 Å². The number of nitrogens with one attached hydrogen (secondary N) is 1. The zero-order valence-electron chi connectivity index (χ0n) is 11.3. The van der Waals surface area contributed by atoms with E-state index in [-0.39, 0.29) is 11.3 Å². The number of thiazole rings is 1. The summed E-state index contributed by atoms with van der Waals surface area (Å²) >= 11 is 7.08. The molecular formula is C13H13ClN2O4S. The quantitative estimate of drug-likeness (QED) is 0.649. The number of hydrogen-bond donors (Lipinski definition) is 2. The van der Waals surface area contributed by atoms with Crippen LogP contribution < -0.4 is 10.1 Å². The summed E-state index contributed by atoms with van der Waals surface area (Å²) in [6.45, 7) is 0.408. The monoisotopic (exact) mass is 328 g/mol. The minimum Gasteiger partial charge on any atom is -0.505 e. The van der Waals surface area contributed by atoms with E-state index in [0.717, 1.165) is 4.88 Å². The lowest BCUT2D eigenvalue weighted by atomic mass is 10.1. The molecular weight excluding hydrogens is 316 g/mol. The molecule has 0 saturated carbocycles. The Labute approximate surface area is 130 Å². The third kappa shape index (κ3) is 3.56. The lowest BCUT2D eigenvalue weighted by Gasteiger charge is -2.12. The van der Waals surface area contributed by atoms with Crippen molar-refractivity contribution in [2.45, 2.75) is 6.54 Å². The lowest BCUT2D eigenvalue weighted by Crippen LogP contribution is -2.05. The molecule has 0 radical (unpaired) electrons. The van der Waals surface area contributed by atoms with Crippen molar-refractivity contribution in [1.29, 1.82) is 0 Å². The van der Waals surface area contributed by atoms with Crippen LogP contribution >= 0.6 is 22.9 Å². The van der Waals surface area contributed by atoms with Crippen molar-refractivity contribution in [2.24, 2.45) is 0 Å². The van der Waals surface area contributed by atoms with E-state index in [1.807, 2.05) is 0 Å². The van der Waals surface area contributed by atoms with E-state index in [2.05, 4.69) is 15.0 Å². The molecule has 21 heavy (non-hydrogen) atoms. The normalized spacial score (nSPS) is 10.2. The van der Waals surface area contributed by atoms with Gasteiger partial charge in [-0.25, -0.2) is 9.78 Å². The SMILES string of the molecule is COC(=O)c1cc(OC)cc(NCc2cnc(Cl)s2)c1O. The smallest absolute Gasteiger partial charge is 0.341 e. The van der Waals surface area contributed by atoms with Gasteiger partial charge in [-0.15, -0.1) is 11.3 Å². The van der Waals surface area contributed by atoms with Crippen LogP contribution in [0.15, 0.2) is 18.3 Å². The van der Waals surface area contributed by atoms with Crippen LogP contribution in [0.3, 0.4) is 0 Å². The number of ether oxygens (including phenoxy) is 2. The van der Waals surface area contributed by atoms with Crippen molar-refractivity contribution in [3.05, 3.63) is 33.2 Å². The molecule has 0 aliphatic rings. The number of aromatic hydroxyl groups is 1. The van der Waals surface area contributed by atoms with Crippen LogP contribution in [0.2, 0.25) is 4.47 Å². The first-order valence-corrected chi connectivity index (χ1v) is 7.08. The number of anilines is 1. The molecule has 2 aromatic rings. The molecule has 2 rings (SSSR count). The third-order valence-electron chi connectivity index (χ3n) is 2.70. The molecule has 0 unspecified atom stereocenters. The molecule has 0 aliphatic heterocycles. The second-order valence-electron chi connectivity index (χ2n) is 4.00. The summed E-state index contributed by atoms with van der Waals surface area (Å²) < 4.78 is 10.2. The van der Waals surface area contributed by atoms with Crippen LogP contribution in [0.4, 0.5) is 5.69 Å². The largest absolute Gasteiger partial charge is 0.505 e. The van der Waals surface area contributed by atoms with Gasteiger partial charge in [0, 0.05) is 17.1 Å². The Morgan fingerprint density at radius 2 is 2.24 bits per heavy atom. The molecule has 0 saturated heterocycles. The van der Waals surface area contributed by atoms with E-state index in [4.69, 9.17) is 16.3 Å². The van der Waals surface area contributed by atoms with Gasteiger partial charge in [0.15, 0.2) is 10.2 Å². The van der Waals surface area contributed by atoms with E-state index < -0.39 is 5.97 Å². The summed E-state index contributed by atoms with van der Waals surface area (Å²) in [5.41, 5.74) is 0.390. The second-order valence-corrected chi connectivity index (χ2v) is 5.69. The number of carbonyl (C=O) groups is 1. The Morgan fingerprint density at radius 1 is 1.48 bits per heavy atom. The first-order chi connectivity index (χ1) is 10.0. The van der Waals surface area contributed by atoms with E-state index in [1.54, 1.807) is 12.3 Å². The van der Waals surface area contributed by atoms with Crippen LogP contribution in [0, 0.1) is 0 Å². The van der Waals surface area contributed by atoms with Crippen molar-refractivity contribution in [2.75, 3.05) is 19.5 Å². The first kappa shape index (κ1) is 15.4. The Morgan fingerprint density at radius 3 is 2.81 bits per heavy atom. The Bertz CT molecular complexity index is 660. The van der Waals surface area contributed by atoms with Gasteiger partial charge in [-0.2, -0.15) is 0 Å². The fourth-order valence-corrected chi connectivity index (χ4v) is 2.59. The van der Waals surface area contributed by atoms with Gasteiger partial charge in [-0.3, -0.25) is 0 Å². The van der Waals surface area contributed by atoms with Crippen molar-refractivity contribution in [1.82, 2.24) is 4.98 Å². The first-order valence-electron chi connectivity index (χ1n) is 5.88. The van der Waals surface area contributed by atoms with E-state index in [0.29, 0.717) is 22.4 Å². The maximum absolute atomic E-state index is 11.6. The molecule has 0 fully saturated rings. The van der Waals surface area contributed by atoms with Gasteiger partial charge in [0.05, 0.1) is 26.5 Å². The third-order valence-corrected chi connectivity index (χ3v) is 3.82. The summed E-state index contributed by atoms with van der Waals surface area (Å²) in [5.74, 6) is -0.411. The zero-order chi connectivity index (χ0) is 15.4. The molecule has 1 heterocycles. The van der Waals surface area contributed by atoms with Gasteiger partial charge in [0.25, 0.3) is 0 Å². The number of halogens is 1. The summed E-state index contributed by atoms with van der Waals surface area (Å²) in [4.78, 5) is 16.5. The highest BCUT2D eigenvalue weighted by Crippen LogP contribution is 2.34. The molecule has 1 aromatic heterocycles. The molecule has 2 N–H and O–H groups in total. The van der Waals surface area contributed by atoms with Crippen molar-refractivity contribution in [3.8, 4) is 11.5 Å². The number of phenols is 1. The summed E-state index contributed by atoms with van der Waals surface area (Å²) in [6.07, 6.45) is 1.64. The number of methoxy groups -OCH3 is 2. The van der Waals surface area contributed by atoms with Crippen molar-refractivity contribution in [3.63, 3.8) is 0 Å². The predicted molar refractivity (Wildman–Crippen MR) is 80.4 cm³/mol. The number of nitrogens with zero attached hydrogens (tertiary/aromatic N) is 1. The molecule has 0 atom stereocenters. The highest BCUT2D eigenvalue weighted by Gasteiger charge is 2.17. The highest BCUT2D eigenvalue weighted by molar-refractivity contribution is 7.15. The average Bonchev–Trinajstić information content (AvgIpc) is 2.91. The fraction of sp³-hybridized carbons (Fsp3) is 0.231. The van der Waals surface area contributed by atoms with Crippen LogP contribution in [0.5, 0.6) is 11.5 Å². The summed E-state index contributed by atoms with van der Waals surface area (Å²) in [6, 6.07) is 3.00. The number of phenolic OH excluding ortho intramolecular Hbond substituents is 1. The van der Waals surface area contributed by atoms with Crippen LogP contribution in [0.25, 0.3) is 0 Å².